The van der Waals surface area contributed by atoms with Gasteiger partial charge in [-0.1, -0.05) is 0 Å². The third-order valence-corrected chi connectivity index (χ3v) is 3.68. The molecule has 0 heterocycles. The van der Waals surface area contributed by atoms with Crippen LogP contribution in [0.15, 0.2) is 29.2 Å². The number of non-ortho nitro benzene ring substituents is 1. The zero-order valence-corrected chi connectivity index (χ0v) is 11.7. The molecule has 106 valence electrons. The molecule has 6 nitrogen and oxygen atoms in total. The van der Waals surface area contributed by atoms with Crippen LogP contribution in [-0.2, 0) is 20.3 Å². The molecule has 0 spiro atoms. The predicted molar refractivity (Wildman–Crippen MR) is 71.4 cm³/mol. The summed E-state index contributed by atoms with van der Waals surface area (Å²) in [5, 5.41) is 10.5. The molecule has 1 aromatic carbocycles. The number of benzene rings is 1. The van der Waals surface area contributed by atoms with Crippen LogP contribution >= 0.6 is 0 Å². The zero-order valence-electron chi connectivity index (χ0n) is 10.9. The van der Waals surface area contributed by atoms with Crippen molar-refractivity contribution in [2.45, 2.75) is 25.0 Å². The fraction of sp³-hybridized carbons (Fsp3) is 0.500. The highest BCUT2D eigenvalue weighted by molar-refractivity contribution is 7.85. The summed E-state index contributed by atoms with van der Waals surface area (Å²) in [7, 11) is -1.31. The number of rotatable bonds is 8. The van der Waals surface area contributed by atoms with Crippen molar-refractivity contribution in [1.29, 1.82) is 0 Å². The summed E-state index contributed by atoms with van der Waals surface area (Å²) in [6, 6.07) is 5.65. The molecule has 0 aliphatic rings. The Hall–Kier alpha value is -1.31. The van der Waals surface area contributed by atoms with Gasteiger partial charge in [0, 0.05) is 30.2 Å². The molecule has 0 saturated heterocycles. The Morgan fingerprint density at radius 3 is 2.16 bits per heavy atom. The molecule has 0 fully saturated rings. The van der Waals surface area contributed by atoms with E-state index in [4.69, 9.17) is 9.47 Å². The summed E-state index contributed by atoms with van der Waals surface area (Å²) >= 11 is 0. The lowest BCUT2D eigenvalue weighted by molar-refractivity contribution is -0.384. The minimum Gasteiger partial charge on any atom is -0.352 e. The van der Waals surface area contributed by atoms with E-state index in [0.717, 1.165) is 0 Å². The van der Waals surface area contributed by atoms with Crippen molar-refractivity contribution < 1.29 is 18.6 Å². The molecule has 0 bridgehead atoms. The van der Waals surface area contributed by atoms with E-state index in [0.29, 0.717) is 18.1 Å². The molecule has 0 aliphatic heterocycles. The fourth-order valence-electron chi connectivity index (χ4n) is 1.46. The van der Waals surface area contributed by atoms with Gasteiger partial charge in [0.25, 0.3) is 5.69 Å². The van der Waals surface area contributed by atoms with Crippen LogP contribution in [0.25, 0.3) is 0 Å². The van der Waals surface area contributed by atoms with Gasteiger partial charge >= 0.3 is 0 Å². The zero-order chi connectivity index (χ0) is 14.3. The molecule has 1 rings (SSSR count). The Bertz CT molecular complexity index is 428. The normalized spacial score (nSPS) is 12.6. The maximum absolute atomic E-state index is 12.1. The van der Waals surface area contributed by atoms with Crippen LogP contribution in [0.5, 0.6) is 0 Å². The molecule has 0 radical (unpaired) electrons. The number of ether oxygens (including phenoxy) is 2. The number of hydrogen-bond donors (Lipinski definition) is 0. The smallest absolute Gasteiger partial charge is 0.269 e. The second kappa shape index (κ2) is 7.98. The molecule has 0 N–H and O–H groups in total. The second-order valence-electron chi connectivity index (χ2n) is 3.60. The molecule has 1 aromatic rings. The van der Waals surface area contributed by atoms with Crippen LogP contribution in [-0.4, -0.2) is 34.4 Å². The lowest BCUT2D eigenvalue weighted by Gasteiger charge is -2.16. The van der Waals surface area contributed by atoms with Crippen molar-refractivity contribution in [3.05, 3.63) is 34.4 Å². The lowest BCUT2D eigenvalue weighted by Crippen LogP contribution is -2.24. The Kier molecular flexibility index (Phi) is 6.61. The van der Waals surface area contributed by atoms with E-state index in [2.05, 4.69) is 0 Å². The highest BCUT2D eigenvalue weighted by Gasteiger charge is 2.15. The van der Waals surface area contributed by atoms with Gasteiger partial charge in [0.05, 0.1) is 21.5 Å². The summed E-state index contributed by atoms with van der Waals surface area (Å²) in [6.45, 7) is 4.62. The Morgan fingerprint density at radius 2 is 1.74 bits per heavy atom. The van der Waals surface area contributed by atoms with E-state index < -0.39 is 22.0 Å². The average molecular weight is 287 g/mol. The van der Waals surface area contributed by atoms with Crippen LogP contribution in [0.4, 0.5) is 5.69 Å². The average Bonchev–Trinajstić information content (AvgIpc) is 2.39. The first kappa shape index (κ1) is 15.7. The van der Waals surface area contributed by atoms with Gasteiger partial charge in [-0.05, 0) is 26.0 Å². The molecular weight excluding hydrogens is 270 g/mol. The topological polar surface area (TPSA) is 78.7 Å². The molecule has 0 aromatic heterocycles. The maximum Gasteiger partial charge on any atom is 0.269 e. The second-order valence-corrected chi connectivity index (χ2v) is 5.10. The summed E-state index contributed by atoms with van der Waals surface area (Å²) in [5.41, 5.74) is -0.0214. The minimum atomic E-state index is -1.31. The minimum absolute atomic E-state index is 0.0214. The van der Waals surface area contributed by atoms with Gasteiger partial charge in [0.2, 0.25) is 0 Å². The number of hydrogen-bond acceptors (Lipinski definition) is 5. The predicted octanol–water partition coefficient (Wildman–Crippen LogP) is 2.10. The van der Waals surface area contributed by atoms with Crippen LogP contribution in [0, 0.1) is 10.1 Å². The van der Waals surface area contributed by atoms with Crippen LogP contribution in [0.3, 0.4) is 0 Å². The first-order valence-electron chi connectivity index (χ1n) is 5.94. The van der Waals surface area contributed by atoms with Gasteiger partial charge in [-0.25, -0.2) is 0 Å². The molecule has 1 atom stereocenters. The third-order valence-electron chi connectivity index (χ3n) is 2.30. The summed E-state index contributed by atoms with van der Waals surface area (Å²) in [6.07, 6.45) is -0.522. The molecule has 0 saturated carbocycles. The van der Waals surface area contributed by atoms with E-state index in [-0.39, 0.29) is 11.4 Å². The largest absolute Gasteiger partial charge is 0.352 e. The summed E-state index contributed by atoms with van der Waals surface area (Å²) in [5.74, 6) is 0.208. The molecular formula is C12H17NO5S. The first-order chi connectivity index (χ1) is 9.08. The number of nitro benzene ring substituents is 1. The SMILES string of the molecule is CCOC(CS(=O)c1ccc([N+](=O)[O-])cc1)OCC. The van der Waals surface area contributed by atoms with E-state index in [1.54, 1.807) is 0 Å². The van der Waals surface area contributed by atoms with Crippen molar-refractivity contribution in [3.8, 4) is 0 Å². The Morgan fingerprint density at radius 1 is 1.21 bits per heavy atom. The lowest BCUT2D eigenvalue weighted by atomic mass is 10.3. The van der Waals surface area contributed by atoms with Gasteiger partial charge in [-0.2, -0.15) is 0 Å². The van der Waals surface area contributed by atoms with Gasteiger partial charge in [0.1, 0.15) is 0 Å². The molecule has 19 heavy (non-hydrogen) atoms. The van der Waals surface area contributed by atoms with E-state index in [1.807, 2.05) is 13.8 Å². The van der Waals surface area contributed by atoms with E-state index in [1.165, 1.54) is 24.3 Å². The Balaban J connectivity index is 2.68. The highest BCUT2D eigenvalue weighted by Crippen LogP contribution is 2.15. The van der Waals surface area contributed by atoms with Crippen LogP contribution < -0.4 is 0 Å². The van der Waals surface area contributed by atoms with Crippen LogP contribution in [0.2, 0.25) is 0 Å². The monoisotopic (exact) mass is 287 g/mol. The van der Waals surface area contributed by atoms with Crippen LogP contribution in [0.1, 0.15) is 13.8 Å². The molecule has 7 heteroatoms. The summed E-state index contributed by atoms with van der Waals surface area (Å²) in [4.78, 5) is 10.6. The van der Waals surface area contributed by atoms with Crippen molar-refractivity contribution in [1.82, 2.24) is 0 Å². The molecule has 0 aliphatic carbocycles. The fourth-order valence-corrected chi connectivity index (χ4v) is 2.53. The highest BCUT2D eigenvalue weighted by atomic mass is 32.2. The third kappa shape index (κ3) is 5.06. The quantitative estimate of drug-likeness (QED) is 0.415. The van der Waals surface area contributed by atoms with Crippen molar-refractivity contribution in [2.24, 2.45) is 0 Å². The number of nitro groups is 1. The van der Waals surface area contributed by atoms with Gasteiger partial charge in [0.15, 0.2) is 6.29 Å². The maximum atomic E-state index is 12.1. The van der Waals surface area contributed by atoms with E-state index in [9.17, 15) is 14.3 Å². The Labute approximate surface area is 114 Å². The van der Waals surface area contributed by atoms with Gasteiger partial charge in [-0.3, -0.25) is 14.3 Å². The first-order valence-corrected chi connectivity index (χ1v) is 7.26. The van der Waals surface area contributed by atoms with E-state index >= 15 is 0 Å². The van der Waals surface area contributed by atoms with Crippen molar-refractivity contribution in [2.75, 3.05) is 19.0 Å². The summed E-state index contributed by atoms with van der Waals surface area (Å²) < 4.78 is 22.7. The molecule has 0 amide bonds. The van der Waals surface area contributed by atoms with Gasteiger partial charge in [-0.15, -0.1) is 0 Å². The molecule has 1 unspecified atom stereocenters. The number of nitrogens with zero attached hydrogens (tertiary/aromatic N) is 1. The van der Waals surface area contributed by atoms with Crippen molar-refractivity contribution in [3.63, 3.8) is 0 Å². The van der Waals surface area contributed by atoms with Crippen molar-refractivity contribution >= 4 is 16.5 Å². The standard InChI is InChI=1S/C12H17NO5S/c1-3-17-12(18-4-2)9-19(16)11-7-5-10(6-8-11)13(14)15/h5-8,12H,3-4,9H2,1-2H3. The van der Waals surface area contributed by atoms with Gasteiger partial charge < -0.3 is 9.47 Å².